The zero-order valence-corrected chi connectivity index (χ0v) is 31.0. The first-order chi connectivity index (χ1) is 25.4. The number of nitrogens with one attached hydrogen (secondary N) is 2. The summed E-state index contributed by atoms with van der Waals surface area (Å²) in [5.41, 5.74) is -2.45. The largest absolute Gasteiger partial charge is 0.494 e. The van der Waals surface area contributed by atoms with Gasteiger partial charge in [-0.3, -0.25) is 9.36 Å². The molecule has 0 bridgehead atoms. The molecule has 3 N–H and O–H groups in total. The van der Waals surface area contributed by atoms with Crippen molar-refractivity contribution in [1.82, 2.24) is 15.2 Å². The Labute approximate surface area is 312 Å². The molecule has 288 valence electrons. The summed E-state index contributed by atoms with van der Waals surface area (Å²) in [5, 5.41) is 15.9. The molecule has 1 aliphatic rings. The number of fused-ring (bicyclic) bond motifs is 1. The molecular weight excluding hydrogens is 734 g/mol. The number of aromatic nitrogens is 1. The number of carboxylic acids is 1. The highest BCUT2D eigenvalue weighted by atomic mass is 32.2. The highest BCUT2D eigenvalue weighted by Gasteiger charge is 2.39. The summed E-state index contributed by atoms with van der Waals surface area (Å²) in [6.07, 6.45) is -6.44. The molecule has 0 saturated heterocycles. The summed E-state index contributed by atoms with van der Waals surface area (Å²) in [5.74, 6) is -3.17. The molecule has 3 aromatic carbocycles. The van der Waals surface area contributed by atoms with E-state index in [4.69, 9.17) is 9.47 Å². The van der Waals surface area contributed by atoms with Crippen LogP contribution in [0.5, 0.6) is 5.75 Å². The number of thioether (sulfide) groups is 1. The second-order valence-corrected chi connectivity index (χ2v) is 14.8. The number of alkyl halides is 3. The first kappa shape index (κ1) is 40.3. The molecule has 0 saturated carbocycles. The standard InChI is InChI=1S/C39H40F5N3O6S/c1-21-24(19-25-26(39(42,43)44)14-10-15-27(25)40)35-47(34(48)31(21)23-13-9-16-30(52-5)32(23)41)29(20-54-35)33(22-11-7-6-8-12-22)45-18-17-28(36(49)50)46-37(51)53-38(2,3)4/h6-16,28-29,33,45H,17-20H2,1-5H3,(H,46,51)(H,49,50). The van der Waals surface area contributed by atoms with Gasteiger partial charge in [0.25, 0.3) is 5.56 Å². The molecule has 0 aliphatic carbocycles. The summed E-state index contributed by atoms with van der Waals surface area (Å²) in [7, 11) is 1.26. The molecule has 9 nitrogen and oxygen atoms in total. The monoisotopic (exact) mass is 773 g/mol. The highest BCUT2D eigenvalue weighted by Crippen LogP contribution is 2.45. The van der Waals surface area contributed by atoms with Gasteiger partial charge in [0.1, 0.15) is 17.5 Å². The smallest absolute Gasteiger partial charge is 0.416 e. The van der Waals surface area contributed by atoms with Gasteiger partial charge >= 0.3 is 18.2 Å². The summed E-state index contributed by atoms with van der Waals surface area (Å²) in [4.78, 5) is 39.2. The van der Waals surface area contributed by atoms with Gasteiger partial charge in [0.2, 0.25) is 0 Å². The summed E-state index contributed by atoms with van der Waals surface area (Å²) < 4.78 is 85.7. The van der Waals surface area contributed by atoms with Crippen LogP contribution in [-0.4, -0.2) is 52.8 Å². The zero-order valence-electron chi connectivity index (χ0n) is 30.1. The van der Waals surface area contributed by atoms with Crippen LogP contribution in [-0.2, 0) is 22.1 Å². The lowest BCUT2D eigenvalue weighted by atomic mass is 9.91. The quantitative estimate of drug-likeness (QED) is 0.124. The summed E-state index contributed by atoms with van der Waals surface area (Å²) >= 11 is 1.20. The number of ether oxygens (including phenoxy) is 2. The molecule has 2 heterocycles. The SMILES string of the molecule is COc1cccc(-c2c(C)c(Cc3c(F)cccc3C(F)(F)F)c3n(c2=O)C(C(NCCC(NC(=O)OC(C)(C)C)C(=O)O)c2ccccc2)CS3)c1F. The van der Waals surface area contributed by atoms with E-state index in [1.165, 1.54) is 48.6 Å². The Kier molecular flexibility index (Phi) is 12.1. The van der Waals surface area contributed by atoms with E-state index in [1.807, 2.05) is 0 Å². The first-order valence-electron chi connectivity index (χ1n) is 17.0. The van der Waals surface area contributed by atoms with Crippen molar-refractivity contribution in [3.8, 4) is 16.9 Å². The average molecular weight is 774 g/mol. The van der Waals surface area contributed by atoms with Crippen LogP contribution in [0.3, 0.4) is 0 Å². The second kappa shape index (κ2) is 16.2. The van der Waals surface area contributed by atoms with E-state index < -0.39 is 76.7 Å². The Balaban J connectivity index is 1.64. The number of carbonyl (C=O) groups is 2. The lowest BCUT2D eigenvalue weighted by Gasteiger charge is -2.29. The maximum Gasteiger partial charge on any atom is 0.416 e. The molecule has 1 amide bonds. The lowest BCUT2D eigenvalue weighted by molar-refractivity contribution is -0.140. The van der Waals surface area contributed by atoms with Gasteiger partial charge in [-0.2, -0.15) is 13.2 Å². The molecule has 5 rings (SSSR count). The summed E-state index contributed by atoms with van der Waals surface area (Å²) in [6, 6.07) is 13.1. The number of halogens is 5. The van der Waals surface area contributed by atoms with Crippen LogP contribution in [0.2, 0.25) is 0 Å². The van der Waals surface area contributed by atoms with Gasteiger partial charge in [0.15, 0.2) is 11.6 Å². The Morgan fingerprint density at radius 1 is 1.00 bits per heavy atom. The molecule has 0 fully saturated rings. The van der Waals surface area contributed by atoms with Crippen LogP contribution in [0.4, 0.5) is 26.7 Å². The topological polar surface area (TPSA) is 119 Å². The minimum Gasteiger partial charge on any atom is -0.494 e. The Morgan fingerprint density at radius 2 is 1.69 bits per heavy atom. The average Bonchev–Trinajstić information content (AvgIpc) is 3.53. The molecular formula is C39H40F5N3O6S. The van der Waals surface area contributed by atoms with E-state index in [2.05, 4.69) is 10.6 Å². The second-order valence-electron chi connectivity index (χ2n) is 13.8. The van der Waals surface area contributed by atoms with E-state index in [1.54, 1.807) is 51.1 Å². The van der Waals surface area contributed by atoms with E-state index in [9.17, 15) is 32.7 Å². The van der Waals surface area contributed by atoms with Crippen molar-refractivity contribution in [2.24, 2.45) is 0 Å². The Hall–Kier alpha value is -4.89. The molecule has 4 aromatic rings. The molecule has 3 unspecified atom stereocenters. The maximum absolute atomic E-state index is 15.9. The number of benzene rings is 3. The number of alkyl carbamates (subject to hydrolysis) is 1. The molecule has 3 atom stereocenters. The van der Waals surface area contributed by atoms with Crippen LogP contribution in [0.25, 0.3) is 11.1 Å². The van der Waals surface area contributed by atoms with Crippen molar-refractivity contribution >= 4 is 23.8 Å². The normalized spacial score (nSPS) is 15.3. The molecule has 15 heteroatoms. The molecule has 54 heavy (non-hydrogen) atoms. The Bertz CT molecular complexity index is 2080. The van der Waals surface area contributed by atoms with Gasteiger partial charge in [-0.25, -0.2) is 18.4 Å². The number of methoxy groups -OCH3 is 1. The third-order valence-corrected chi connectivity index (χ3v) is 10.2. The van der Waals surface area contributed by atoms with Crippen LogP contribution in [0.1, 0.15) is 67.1 Å². The van der Waals surface area contributed by atoms with Crippen molar-refractivity contribution in [2.45, 2.75) is 75.5 Å². The molecule has 1 aromatic heterocycles. The van der Waals surface area contributed by atoms with Crippen molar-refractivity contribution in [3.63, 3.8) is 0 Å². The van der Waals surface area contributed by atoms with Crippen molar-refractivity contribution < 1.29 is 46.1 Å². The summed E-state index contributed by atoms with van der Waals surface area (Å²) in [6.45, 7) is 6.45. The highest BCUT2D eigenvalue weighted by molar-refractivity contribution is 7.99. The zero-order chi connectivity index (χ0) is 39.5. The van der Waals surface area contributed by atoms with Gasteiger partial charge in [-0.1, -0.05) is 48.5 Å². The number of carboxylic acid groups (broad SMARTS) is 1. The first-order valence-corrected chi connectivity index (χ1v) is 18.0. The van der Waals surface area contributed by atoms with Gasteiger partial charge in [0, 0.05) is 23.3 Å². The third kappa shape index (κ3) is 8.73. The number of amides is 1. The molecule has 0 spiro atoms. The number of hydrogen-bond donors (Lipinski definition) is 3. The van der Waals surface area contributed by atoms with Crippen LogP contribution >= 0.6 is 11.8 Å². The third-order valence-electron chi connectivity index (χ3n) is 9.02. The predicted molar refractivity (Wildman–Crippen MR) is 194 cm³/mol. The molecule has 0 radical (unpaired) electrons. The van der Waals surface area contributed by atoms with Gasteiger partial charge < -0.3 is 25.2 Å². The number of pyridine rings is 1. The minimum atomic E-state index is -4.88. The van der Waals surface area contributed by atoms with E-state index >= 15 is 8.78 Å². The number of carbonyl (C=O) groups excluding carboxylic acids is 1. The fourth-order valence-corrected chi connectivity index (χ4v) is 7.99. The fourth-order valence-electron chi connectivity index (χ4n) is 6.57. The van der Waals surface area contributed by atoms with Crippen molar-refractivity contribution in [2.75, 3.05) is 19.4 Å². The van der Waals surface area contributed by atoms with Gasteiger partial charge in [0.05, 0.1) is 35.3 Å². The number of rotatable bonds is 12. The van der Waals surface area contributed by atoms with Crippen LogP contribution in [0.15, 0.2) is 76.6 Å². The van der Waals surface area contributed by atoms with Gasteiger partial charge in [-0.05, 0) is 75.5 Å². The van der Waals surface area contributed by atoms with Crippen LogP contribution < -0.4 is 20.9 Å². The predicted octanol–water partition coefficient (Wildman–Crippen LogP) is 8.07. The van der Waals surface area contributed by atoms with Crippen molar-refractivity contribution in [3.05, 3.63) is 117 Å². The maximum atomic E-state index is 15.9. The van der Waals surface area contributed by atoms with E-state index in [0.29, 0.717) is 10.6 Å². The van der Waals surface area contributed by atoms with E-state index in [-0.39, 0.29) is 46.7 Å². The number of nitrogens with zero attached hydrogens (tertiary/aromatic N) is 1. The van der Waals surface area contributed by atoms with Crippen molar-refractivity contribution in [1.29, 1.82) is 0 Å². The van der Waals surface area contributed by atoms with Gasteiger partial charge in [-0.15, -0.1) is 11.8 Å². The minimum absolute atomic E-state index is 0.0256. The Morgan fingerprint density at radius 3 is 2.31 bits per heavy atom. The lowest BCUT2D eigenvalue weighted by Crippen LogP contribution is -2.45. The van der Waals surface area contributed by atoms with E-state index in [0.717, 1.165) is 18.2 Å². The number of aliphatic carboxylic acids is 1. The van der Waals surface area contributed by atoms with Crippen LogP contribution in [0, 0.1) is 18.6 Å². The molecule has 1 aliphatic heterocycles. The number of hydrogen-bond acceptors (Lipinski definition) is 7. The fraction of sp³-hybridized carbons (Fsp3) is 0.359.